The number of rotatable bonds is 8. The van der Waals surface area contributed by atoms with Crippen molar-refractivity contribution in [3.8, 4) is 44.5 Å². The van der Waals surface area contributed by atoms with E-state index >= 15 is 0 Å². The Morgan fingerprint density at radius 2 is 0.806 bits per heavy atom. The molecule has 0 bridgehead atoms. The van der Waals surface area contributed by atoms with Crippen LogP contribution in [-0.2, 0) is 5.41 Å². The first kappa shape index (κ1) is 39.1. The van der Waals surface area contributed by atoms with Crippen molar-refractivity contribution in [3.05, 3.63) is 283 Å². The highest BCUT2D eigenvalue weighted by Crippen LogP contribution is 2.57. The van der Waals surface area contributed by atoms with Crippen LogP contribution in [0.5, 0.6) is 0 Å². The van der Waals surface area contributed by atoms with E-state index in [-0.39, 0.29) is 0 Å². The molecule has 1 aromatic heterocycles. The van der Waals surface area contributed by atoms with Gasteiger partial charge in [0.2, 0.25) is 0 Å². The molecule has 0 atom stereocenters. The van der Waals surface area contributed by atoms with Gasteiger partial charge in [0.1, 0.15) is 0 Å². The number of fused-ring (bicyclic) bond motifs is 7. The average molecular weight is 870 g/mol. The van der Waals surface area contributed by atoms with Crippen LogP contribution >= 0.6 is 11.3 Å². The molecule has 1 nitrogen and oxygen atoms in total. The van der Waals surface area contributed by atoms with Crippen molar-refractivity contribution < 1.29 is 0 Å². The van der Waals surface area contributed by atoms with Crippen LogP contribution in [0.2, 0.25) is 0 Å². The molecular weight excluding hydrogens is 827 g/mol. The molecule has 1 aliphatic carbocycles. The number of anilines is 3. The van der Waals surface area contributed by atoms with Crippen LogP contribution in [0.25, 0.3) is 75.5 Å². The topological polar surface area (TPSA) is 3.24 Å². The highest BCUT2D eigenvalue weighted by Gasteiger charge is 2.46. The average Bonchev–Trinajstić information content (AvgIpc) is 3.93. The standard InChI is InChI=1S/C65H43NS/c1-3-18-52(19-4-1)65(53-20-5-2-6-21-53)61-24-11-9-22-57(61)58-38-32-51(42-62(58)65)46-30-35-55(36-31-46)66(56-37-39-60-59-23-10-12-25-63(59)67-64(60)43-56)54-33-28-45(29-34-54)48-16-13-17-49(40-48)50-27-26-44-14-7-8-15-47(44)41-50/h1-43H. The second kappa shape index (κ2) is 16.0. The van der Waals surface area contributed by atoms with Gasteiger partial charge in [-0.05, 0) is 138 Å². The van der Waals surface area contributed by atoms with Crippen molar-refractivity contribution in [2.24, 2.45) is 0 Å². The SMILES string of the molecule is c1ccc(C2(c3ccccc3)c3ccccc3-c3ccc(-c4ccc(N(c5ccc(-c6cccc(-c7ccc8ccccc8c7)c6)cc5)c5ccc6c(c5)sc5ccccc56)cc4)cc32)cc1. The lowest BCUT2D eigenvalue weighted by Gasteiger charge is -2.34. The van der Waals surface area contributed by atoms with E-state index in [4.69, 9.17) is 0 Å². The molecule has 11 aromatic carbocycles. The highest BCUT2D eigenvalue weighted by atomic mass is 32.1. The van der Waals surface area contributed by atoms with Crippen molar-refractivity contribution in [1.82, 2.24) is 0 Å². The molecule has 1 aliphatic rings. The molecule has 1 heterocycles. The van der Waals surface area contributed by atoms with Gasteiger partial charge < -0.3 is 4.90 Å². The molecule has 2 heteroatoms. The number of thiophene rings is 1. The van der Waals surface area contributed by atoms with Crippen molar-refractivity contribution in [3.63, 3.8) is 0 Å². The smallest absolute Gasteiger partial charge is 0.0713 e. The summed E-state index contributed by atoms with van der Waals surface area (Å²) >= 11 is 1.86. The molecule has 0 amide bonds. The number of benzene rings is 11. The third kappa shape index (κ3) is 6.52. The summed E-state index contributed by atoms with van der Waals surface area (Å²) in [5, 5.41) is 5.11. The van der Waals surface area contributed by atoms with Crippen LogP contribution in [0.1, 0.15) is 22.3 Å². The lowest BCUT2D eigenvalue weighted by atomic mass is 9.67. The first-order valence-electron chi connectivity index (χ1n) is 23.1. The number of hydrogen-bond donors (Lipinski definition) is 0. The van der Waals surface area contributed by atoms with E-state index in [1.807, 2.05) is 11.3 Å². The van der Waals surface area contributed by atoms with Crippen LogP contribution in [0.4, 0.5) is 17.1 Å². The zero-order valence-corrected chi connectivity index (χ0v) is 37.5. The Bertz CT molecular complexity index is 3750. The fourth-order valence-corrected chi connectivity index (χ4v) is 11.9. The normalized spacial score (nSPS) is 12.6. The van der Waals surface area contributed by atoms with E-state index in [0.717, 1.165) is 17.1 Å². The Morgan fingerprint density at radius 1 is 0.284 bits per heavy atom. The summed E-state index contributed by atoms with van der Waals surface area (Å²) in [6.07, 6.45) is 0. The fourth-order valence-electron chi connectivity index (χ4n) is 10.8. The van der Waals surface area contributed by atoms with Crippen molar-refractivity contribution in [2.75, 3.05) is 4.90 Å². The molecule has 0 unspecified atom stereocenters. The van der Waals surface area contributed by atoms with Crippen molar-refractivity contribution in [1.29, 1.82) is 0 Å². The largest absolute Gasteiger partial charge is 0.310 e. The third-order valence-corrected chi connectivity index (χ3v) is 15.1. The Hall–Kier alpha value is -8.30. The highest BCUT2D eigenvalue weighted by molar-refractivity contribution is 7.25. The molecule has 0 saturated carbocycles. The molecule has 0 N–H and O–H groups in total. The molecule has 314 valence electrons. The summed E-state index contributed by atoms with van der Waals surface area (Å²) < 4.78 is 2.59. The van der Waals surface area contributed by atoms with Crippen LogP contribution < -0.4 is 4.90 Å². The van der Waals surface area contributed by atoms with Crippen LogP contribution in [0.15, 0.2) is 261 Å². The molecule has 13 rings (SSSR count). The van der Waals surface area contributed by atoms with E-state index in [0.29, 0.717) is 0 Å². The third-order valence-electron chi connectivity index (χ3n) is 13.9. The number of hydrogen-bond acceptors (Lipinski definition) is 2. The minimum absolute atomic E-state index is 0.448. The van der Waals surface area contributed by atoms with Crippen LogP contribution in [0.3, 0.4) is 0 Å². The molecular formula is C65H43NS. The maximum atomic E-state index is 2.45. The van der Waals surface area contributed by atoms with E-state index in [1.165, 1.54) is 97.7 Å². The van der Waals surface area contributed by atoms with Gasteiger partial charge in [-0.25, -0.2) is 0 Å². The summed E-state index contributed by atoms with van der Waals surface area (Å²) in [6, 6.07) is 96.3. The summed E-state index contributed by atoms with van der Waals surface area (Å²) in [6.45, 7) is 0. The molecule has 12 aromatic rings. The van der Waals surface area contributed by atoms with Crippen LogP contribution in [-0.4, -0.2) is 0 Å². The lowest BCUT2D eigenvalue weighted by Crippen LogP contribution is -2.28. The van der Waals surface area contributed by atoms with Crippen LogP contribution in [0, 0.1) is 0 Å². The first-order valence-corrected chi connectivity index (χ1v) is 23.9. The minimum atomic E-state index is -0.448. The molecule has 67 heavy (non-hydrogen) atoms. The fraction of sp³-hybridized carbons (Fsp3) is 0.0154. The summed E-state index contributed by atoms with van der Waals surface area (Å²) in [4.78, 5) is 2.40. The van der Waals surface area contributed by atoms with Crippen molar-refractivity contribution in [2.45, 2.75) is 5.41 Å². The van der Waals surface area contributed by atoms with Gasteiger partial charge in [-0.2, -0.15) is 0 Å². The van der Waals surface area contributed by atoms with Crippen molar-refractivity contribution >= 4 is 59.3 Å². The second-order valence-corrected chi connectivity index (χ2v) is 18.7. The second-order valence-electron chi connectivity index (χ2n) is 17.6. The maximum absolute atomic E-state index is 2.45. The van der Waals surface area contributed by atoms with Gasteiger partial charge in [0, 0.05) is 37.2 Å². The number of nitrogens with zero attached hydrogens (tertiary/aromatic N) is 1. The Balaban J connectivity index is 0.898. The maximum Gasteiger partial charge on any atom is 0.0713 e. The van der Waals surface area contributed by atoms with E-state index in [1.54, 1.807) is 0 Å². The predicted molar refractivity (Wildman–Crippen MR) is 285 cm³/mol. The van der Waals surface area contributed by atoms with E-state index in [9.17, 15) is 0 Å². The van der Waals surface area contributed by atoms with Gasteiger partial charge >= 0.3 is 0 Å². The monoisotopic (exact) mass is 869 g/mol. The zero-order valence-electron chi connectivity index (χ0n) is 36.7. The van der Waals surface area contributed by atoms with Gasteiger partial charge in [-0.15, -0.1) is 11.3 Å². The summed E-state index contributed by atoms with van der Waals surface area (Å²) in [5.41, 5.74) is 17.8. The quantitative estimate of drug-likeness (QED) is 0.147. The molecule has 0 fully saturated rings. The summed E-state index contributed by atoms with van der Waals surface area (Å²) in [7, 11) is 0. The zero-order chi connectivity index (χ0) is 44.3. The van der Waals surface area contributed by atoms with Gasteiger partial charge in [0.15, 0.2) is 0 Å². The molecule has 0 aliphatic heterocycles. The van der Waals surface area contributed by atoms with E-state index < -0.39 is 5.41 Å². The minimum Gasteiger partial charge on any atom is -0.310 e. The van der Waals surface area contributed by atoms with Gasteiger partial charge in [0.05, 0.1) is 5.41 Å². The first-order chi connectivity index (χ1) is 33.2. The molecule has 0 radical (unpaired) electrons. The Kier molecular flexibility index (Phi) is 9.33. The molecule has 0 saturated heterocycles. The van der Waals surface area contributed by atoms with Gasteiger partial charge in [-0.3, -0.25) is 0 Å². The predicted octanol–water partition coefficient (Wildman–Crippen LogP) is 18.0. The molecule has 0 spiro atoms. The summed E-state index contributed by atoms with van der Waals surface area (Å²) in [5.74, 6) is 0. The van der Waals surface area contributed by atoms with Gasteiger partial charge in [0.25, 0.3) is 0 Å². The lowest BCUT2D eigenvalue weighted by molar-refractivity contribution is 0.769. The van der Waals surface area contributed by atoms with E-state index in [2.05, 4.69) is 266 Å². The Morgan fingerprint density at radius 3 is 1.54 bits per heavy atom. The van der Waals surface area contributed by atoms with Gasteiger partial charge in [-0.1, -0.05) is 200 Å². The Labute approximate surface area is 395 Å².